The van der Waals surface area contributed by atoms with Gasteiger partial charge >= 0.3 is 0 Å². The third kappa shape index (κ3) is 3.98. The molecule has 2 N–H and O–H groups in total. The highest BCUT2D eigenvalue weighted by Gasteiger charge is 2.17. The lowest BCUT2D eigenvalue weighted by atomic mass is 10.3. The number of hydrogen-bond donors (Lipinski definition) is 2. The predicted molar refractivity (Wildman–Crippen MR) is 100 cm³/mol. The molecule has 3 rings (SSSR count). The SMILES string of the molecule is COc1ccc(NC(=O)c2sccc2NC(=O)c2cnccn2)cc1Cl. The maximum absolute atomic E-state index is 12.5. The van der Waals surface area contributed by atoms with Crippen LogP contribution in [0.2, 0.25) is 5.02 Å². The summed E-state index contributed by atoms with van der Waals surface area (Å²) in [6.45, 7) is 0. The first-order valence-corrected chi connectivity index (χ1v) is 8.64. The number of nitrogens with zero attached hydrogens (tertiary/aromatic N) is 2. The molecule has 0 radical (unpaired) electrons. The van der Waals surface area contributed by atoms with E-state index in [9.17, 15) is 9.59 Å². The van der Waals surface area contributed by atoms with Crippen LogP contribution in [0.4, 0.5) is 11.4 Å². The Bertz CT molecular complexity index is 946. The largest absolute Gasteiger partial charge is 0.495 e. The molecule has 0 fully saturated rings. The number of hydrogen-bond acceptors (Lipinski definition) is 6. The summed E-state index contributed by atoms with van der Waals surface area (Å²) in [7, 11) is 1.51. The molecular formula is C17H13ClN4O3S. The van der Waals surface area contributed by atoms with Gasteiger partial charge in [0, 0.05) is 18.1 Å². The number of ether oxygens (including phenoxy) is 1. The minimum Gasteiger partial charge on any atom is -0.495 e. The van der Waals surface area contributed by atoms with Gasteiger partial charge in [0.25, 0.3) is 11.8 Å². The lowest BCUT2D eigenvalue weighted by Crippen LogP contribution is -2.17. The fourth-order valence-electron chi connectivity index (χ4n) is 2.12. The molecule has 0 aliphatic rings. The monoisotopic (exact) mass is 388 g/mol. The number of aromatic nitrogens is 2. The van der Waals surface area contributed by atoms with Crippen molar-refractivity contribution in [2.45, 2.75) is 0 Å². The number of rotatable bonds is 5. The van der Waals surface area contributed by atoms with Crippen LogP contribution in [0.5, 0.6) is 5.75 Å². The molecule has 7 nitrogen and oxygen atoms in total. The Morgan fingerprint density at radius 1 is 1.15 bits per heavy atom. The summed E-state index contributed by atoms with van der Waals surface area (Å²) in [6, 6.07) is 6.57. The van der Waals surface area contributed by atoms with E-state index in [0.717, 1.165) is 0 Å². The Labute approximate surface area is 158 Å². The van der Waals surface area contributed by atoms with Gasteiger partial charge in [-0.15, -0.1) is 11.3 Å². The summed E-state index contributed by atoms with van der Waals surface area (Å²) < 4.78 is 5.08. The minimum absolute atomic E-state index is 0.159. The van der Waals surface area contributed by atoms with E-state index in [0.29, 0.717) is 27.0 Å². The Kier molecular flexibility index (Phi) is 5.45. The zero-order valence-electron chi connectivity index (χ0n) is 13.5. The van der Waals surface area contributed by atoms with Crippen LogP contribution in [-0.4, -0.2) is 28.9 Å². The van der Waals surface area contributed by atoms with Crippen molar-refractivity contribution in [3.05, 3.63) is 63.8 Å². The number of benzene rings is 1. The molecule has 9 heteroatoms. The van der Waals surface area contributed by atoms with Crippen molar-refractivity contribution in [3.8, 4) is 5.75 Å². The molecule has 0 unspecified atom stereocenters. The van der Waals surface area contributed by atoms with Gasteiger partial charge in [0.05, 0.1) is 24.0 Å². The number of nitrogens with one attached hydrogen (secondary N) is 2. The lowest BCUT2D eigenvalue weighted by molar-refractivity contribution is 0.102. The predicted octanol–water partition coefficient (Wildman–Crippen LogP) is 3.70. The number of carbonyl (C=O) groups excluding carboxylic acids is 2. The smallest absolute Gasteiger partial charge is 0.275 e. The van der Waals surface area contributed by atoms with Crippen molar-refractivity contribution in [1.29, 1.82) is 0 Å². The van der Waals surface area contributed by atoms with Crippen LogP contribution in [0, 0.1) is 0 Å². The van der Waals surface area contributed by atoms with E-state index in [2.05, 4.69) is 20.6 Å². The van der Waals surface area contributed by atoms with Crippen LogP contribution in [0.1, 0.15) is 20.2 Å². The van der Waals surface area contributed by atoms with Crippen LogP contribution >= 0.6 is 22.9 Å². The Morgan fingerprint density at radius 2 is 2.00 bits per heavy atom. The number of methoxy groups -OCH3 is 1. The number of halogens is 1. The summed E-state index contributed by atoms with van der Waals surface area (Å²) in [5.74, 6) is -0.300. The number of carbonyl (C=O) groups is 2. The van der Waals surface area contributed by atoms with Crippen LogP contribution in [0.15, 0.2) is 48.2 Å². The van der Waals surface area contributed by atoms with Gasteiger partial charge in [-0.1, -0.05) is 11.6 Å². The number of thiophene rings is 1. The van der Waals surface area contributed by atoms with E-state index >= 15 is 0 Å². The highest BCUT2D eigenvalue weighted by atomic mass is 35.5. The molecule has 26 heavy (non-hydrogen) atoms. The molecular weight excluding hydrogens is 376 g/mol. The first-order valence-electron chi connectivity index (χ1n) is 7.38. The second-order valence-electron chi connectivity index (χ2n) is 5.01. The van der Waals surface area contributed by atoms with E-state index in [1.165, 1.54) is 37.0 Å². The Morgan fingerprint density at radius 3 is 2.69 bits per heavy atom. The van der Waals surface area contributed by atoms with Crippen LogP contribution < -0.4 is 15.4 Å². The second kappa shape index (κ2) is 7.94. The summed E-state index contributed by atoms with van der Waals surface area (Å²) in [5.41, 5.74) is 1.06. The molecule has 0 aliphatic heterocycles. The maximum Gasteiger partial charge on any atom is 0.275 e. The fourth-order valence-corrected chi connectivity index (χ4v) is 3.12. The number of anilines is 2. The molecule has 0 atom stereocenters. The van der Waals surface area contributed by atoms with Crippen LogP contribution in [-0.2, 0) is 0 Å². The summed E-state index contributed by atoms with van der Waals surface area (Å²) in [5, 5.41) is 7.50. The number of amides is 2. The van der Waals surface area contributed by atoms with E-state index < -0.39 is 5.91 Å². The molecule has 1 aromatic carbocycles. The Hall–Kier alpha value is -2.97. The highest BCUT2D eigenvalue weighted by Crippen LogP contribution is 2.29. The fraction of sp³-hybridized carbons (Fsp3) is 0.0588. The van der Waals surface area contributed by atoms with E-state index in [-0.39, 0.29) is 11.6 Å². The van der Waals surface area contributed by atoms with Crippen molar-refractivity contribution >= 4 is 46.1 Å². The average molecular weight is 389 g/mol. The average Bonchev–Trinajstić information content (AvgIpc) is 3.11. The first-order chi connectivity index (χ1) is 12.6. The van der Waals surface area contributed by atoms with Crippen molar-refractivity contribution in [1.82, 2.24) is 9.97 Å². The van der Waals surface area contributed by atoms with Gasteiger partial charge in [0.2, 0.25) is 0 Å². The van der Waals surface area contributed by atoms with Crippen LogP contribution in [0.25, 0.3) is 0 Å². The molecule has 0 aliphatic carbocycles. The van der Waals surface area contributed by atoms with Gasteiger partial charge in [0.1, 0.15) is 16.3 Å². The van der Waals surface area contributed by atoms with Gasteiger partial charge < -0.3 is 15.4 Å². The summed E-state index contributed by atoms with van der Waals surface area (Å²) in [4.78, 5) is 32.8. The summed E-state index contributed by atoms with van der Waals surface area (Å²) >= 11 is 7.27. The Balaban J connectivity index is 1.74. The quantitative estimate of drug-likeness (QED) is 0.695. The van der Waals surface area contributed by atoms with Crippen molar-refractivity contribution < 1.29 is 14.3 Å². The standard InChI is InChI=1S/C17H13ClN4O3S/c1-25-14-3-2-10(8-11(14)18)21-17(24)15-12(4-7-26-15)22-16(23)13-9-19-5-6-20-13/h2-9H,1H3,(H,21,24)(H,22,23). The normalized spacial score (nSPS) is 10.2. The molecule has 0 bridgehead atoms. The van der Waals surface area contributed by atoms with Gasteiger partial charge in [-0.25, -0.2) is 4.98 Å². The zero-order chi connectivity index (χ0) is 18.5. The molecule has 132 valence electrons. The molecule has 2 amide bonds. The highest BCUT2D eigenvalue weighted by molar-refractivity contribution is 7.12. The molecule has 2 heterocycles. The minimum atomic E-state index is -0.446. The molecule has 0 saturated heterocycles. The third-order valence-electron chi connectivity index (χ3n) is 3.33. The van der Waals surface area contributed by atoms with Gasteiger partial charge in [-0.05, 0) is 29.6 Å². The van der Waals surface area contributed by atoms with E-state index in [1.54, 1.807) is 29.6 Å². The third-order valence-corrected chi connectivity index (χ3v) is 4.53. The van der Waals surface area contributed by atoms with Crippen molar-refractivity contribution in [2.75, 3.05) is 17.7 Å². The van der Waals surface area contributed by atoms with Gasteiger partial charge in [-0.2, -0.15) is 0 Å². The van der Waals surface area contributed by atoms with E-state index in [1.807, 2.05) is 0 Å². The molecule has 2 aromatic heterocycles. The second-order valence-corrected chi connectivity index (χ2v) is 6.33. The topological polar surface area (TPSA) is 93.2 Å². The van der Waals surface area contributed by atoms with E-state index in [4.69, 9.17) is 16.3 Å². The van der Waals surface area contributed by atoms with Crippen molar-refractivity contribution in [2.24, 2.45) is 0 Å². The zero-order valence-corrected chi connectivity index (χ0v) is 15.1. The molecule has 3 aromatic rings. The maximum atomic E-state index is 12.5. The van der Waals surface area contributed by atoms with Gasteiger partial charge in [0.15, 0.2) is 0 Å². The molecule has 0 saturated carbocycles. The van der Waals surface area contributed by atoms with Crippen molar-refractivity contribution in [3.63, 3.8) is 0 Å². The summed E-state index contributed by atoms with van der Waals surface area (Å²) in [6.07, 6.45) is 4.24. The molecule has 0 spiro atoms. The van der Waals surface area contributed by atoms with Gasteiger partial charge in [-0.3, -0.25) is 14.6 Å². The lowest BCUT2D eigenvalue weighted by Gasteiger charge is -2.09. The van der Waals surface area contributed by atoms with Crippen LogP contribution in [0.3, 0.4) is 0 Å². The first kappa shape index (κ1) is 17.8.